The molecule has 0 bridgehead atoms. The molecule has 25 heavy (non-hydrogen) atoms. The molecule has 2 atom stereocenters. The summed E-state index contributed by atoms with van der Waals surface area (Å²) in [5, 5.41) is 3.01. The second-order valence-corrected chi connectivity index (χ2v) is 6.24. The zero-order chi connectivity index (χ0) is 17.8. The van der Waals surface area contributed by atoms with Gasteiger partial charge in [0.2, 0.25) is 11.8 Å². The van der Waals surface area contributed by atoms with Crippen LogP contribution in [0.15, 0.2) is 54.6 Å². The van der Waals surface area contributed by atoms with Crippen LogP contribution < -0.4 is 15.0 Å². The molecule has 3 rings (SSSR count). The molecule has 2 aromatic rings. The lowest BCUT2D eigenvalue weighted by Crippen LogP contribution is -2.34. The Bertz CT molecular complexity index is 743. The van der Waals surface area contributed by atoms with Crippen LogP contribution in [0.5, 0.6) is 5.75 Å². The van der Waals surface area contributed by atoms with Crippen LogP contribution >= 0.6 is 0 Å². The molecule has 1 N–H and O–H groups in total. The van der Waals surface area contributed by atoms with Crippen LogP contribution in [0.25, 0.3) is 0 Å². The maximum atomic E-state index is 12.5. The van der Waals surface area contributed by atoms with Gasteiger partial charge in [-0.2, -0.15) is 0 Å². The average Bonchev–Trinajstić information content (AvgIpc) is 3.04. The van der Waals surface area contributed by atoms with Gasteiger partial charge in [0.15, 0.2) is 0 Å². The summed E-state index contributed by atoms with van der Waals surface area (Å²) in [6.45, 7) is 2.35. The Balaban J connectivity index is 1.64. The summed E-state index contributed by atoms with van der Waals surface area (Å²) in [4.78, 5) is 26.5. The topological polar surface area (TPSA) is 58.6 Å². The Hall–Kier alpha value is -2.82. The van der Waals surface area contributed by atoms with Crippen molar-refractivity contribution in [2.24, 2.45) is 5.92 Å². The predicted molar refractivity (Wildman–Crippen MR) is 96.5 cm³/mol. The summed E-state index contributed by atoms with van der Waals surface area (Å²) in [5.74, 6) is 0.292. The maximum Gasteiger partial charge on any atom is 0.227 e. The molecule has 0 saturated carbocycles. The predicted octanol–water partition coefficient (Wildman–Crippen LogP) is 2.93. The van der Waals surface area contributed by atoms with Gasteiger partial charge in [0, 0.05) is 18.7 Å². The first-order valence-corrected chi connectivity index (χ1v) is 8.38. The van der Waals surface area contributed by atoms with Gasteiger partial charge in [-0.1, -0.05) is 30.3 Å². The van der Waals surface area contributed by atoms with Crippen molar-refractivity contribution in [1.82, 2.24) is 5.32 Å². The number of hydrogen-bond donors (Lipinski definition) is 1. The third kappa shape index (κ3) is 3.82. The first kappa shape index (κ1) is 17.0. The molecule has 130 valence electrons. The number of carbonyl (C=O) groups is 2. The van der Waals surface area contributed by atoms with Gasteiger partial charge in [-0.3, -0.25) is 9.59 Å². The van der Waals surface area contributed by atoms with Gasteiger partial charge in [0.1, 0.15) is 5.75 Å². The largest absolute Gasteiger partial charge is 0.497 e. The molecule has 0 aliphatic carbocycles. The summed E-state index contributed by atoms with van der Waals surface area (Å²) >= 11 is 0. The molecular formula is C20H22N2O3. The number of methoxy groups -OCH3 is 1. The van der Waals surface area contributed by atoms with Crippen LogP contribution in [0.4, 0.5) is 5.69 Å². The van der Waals surface area contributed by atoms with E-state index in [4.69, 9.17) is 4.74 Å². The van der Waals surface area contributed by atoms with Gasteiger partial charge in [-0.25, -0.2) is 0 Å². The van der Waals surface area contributed by atoms with Crippen molar-refractivity contribution < 1.29 is 14.3 Å². The summed E-state index contributed by atoms with van der Waals surface area (Å²) in [6.07, 6.45) is 0.235. The lowest BCUT2D eigenvalue weighted by atomic mass is 10.1. The van der Waals surface area contributed by atoms with E-state index in [2.05, 4.69) is 5.32 Å². The van der Waals surface area contributed by atoms with Gasteiger partial charge in [-0.05, 0) is 36.8 Å². The van der Waals surface area contributed by atoms with Crippen molar-refractivity contribution in [3.63, 3.8) is 0 Å². The molecule has 5 heteroatoms. The van der Waals surface area contributed by atoms with E-state index >= 15 is 0 Å². The molecule has 2 unspecified atom stereocenters. The molecule has 1 heterocycles. The number of ether oxygens (including phenoxy) is 1. The van der Waals surface area contributed by atoms with Gasteiger partial charge in [0.25, 0.3) is 0 Å². The number of carbonyl (C=O) groups excluding carboxylic acids is 2. The molecule has 1 aliphatic rings. The van der Waals surface area contributed by atoms with Crippen molar-refractivity contribution in [3.05, 3.63) is 60.2 Å². The highest BCUT2D eigenvalue weighted by Gasteiger charge is 2.35. The van der Waals surface area contributed by atoms with Crippen LogP contribution in [-0.2, 0) is 9.59 Å². The summed E-state index contributed by atoms with van der Waals surface area (Å²) in [5.41, 5.74) is 1.84. The highest BCUT2D eigenvalue weighted by atomic mass is 16.5. The molecule has 0 spiro atoms. The Labute approximate surface area is 147 Å². The van der Waals surface area contributed by atoms with Gasteiger partial charge < -0.3 is 15.0 Å². The summed E-state index contributed by atoms with van der Waals surface area (Å²) in [7, 11) is 1.60. The average molecular weight is 338 g/mol. The highest BCUT2D eigenvalue weighted by Crippen LogP contribution is 2.27. The first-order chi connectivity index (χ1) is 12.1. The zero-order valence-electron chi connectivity index (χ0n) is 14.4. The normalized spacial score (nSPS) is 18.1. The monoisotopic (exact) mass is 338 g/mol. The van der Waals surface area contributed by atoms with Crippen molar-refractivity contribution in [1.29, 1.82) is 0 Å². The molecule has 5 nitrogen and oxygen atoms in total. The zero-order valence-corrected chi connectivity index (χ0v) is 14.4. The number of hydrogen-bond acceptors (Lipinski definition) is 3. The number of benzene rings is 2. The fraction of sp³-hybridized carbons (Fsp3) is 0.300. The molecule has 1 saturated heterocycles. The number of rotatable bonds is 5. The molecule has 1 fully saturated rings. The van der Waals surface area contributed by atoms with E-state index in [0.29, 0.717) is 6.54 Å². The second-order valence-electron chi connectivity index (χ2n) is 6.24. The van der Waals surface area contributed by atoms with Crippen molar-refractivity contribution in [2.45, 2.75) is 19.4 Å². The summed E-state index contributed by atoms with van der Waals surface area (Å²) in [6, 6.07) is 17.0. The van der Waals surface area contributed by atoms with E-state index in [1.807, 2.05) is 61.5 Å². The van der Waals surface area contributed by atoms with Crippen LogP contribution in [-0.4, -0.2) is 25.5 Å². The van der Waals surface area contributed by atoms with Crippen molar-refractivity contribution in [2.75, 3.05) is 18.6 Å². The molecule has 0 radical (unpaired) electrons. The minimum absolute atomic E-state index is 0.0299. The Morgan fingerprint density at radius 2 is 1.84 bits per heavy atom. The van der Waals surface area contributed by atoms with E-state index in [9.17, 15) is 9.59 Å². The van der Waals surface area contributed by atoms with Gasteiger partial charge in [0.05, 0.1) is 19.1 Å². The van der Waals surface area contributed by atoms with Crippen molar-refractivity contribution in [3.8, 4) is 5.75 Å². The van der Waals surface area contributed by atoms with Crippen LogP contribution in [0.1, 0.15) is 24.9 Å². The number of nitrogens with zero attached hydrogens (tertiary/aromatic N) is 1. The Morgan fingerprint density at radius 1 is 1.16 bits per heavy atom. The second kappa shape index (κ2) is 7.38. The third-order valence-corrected chi connectivity index (χ3v) is 4.54. The third-order valence-electron chi connectivity index (χ3n) is 4.54. The van der Waals surface area contributed by atoms with E-state index in [1.165, 1.54) is 0 Å². The lowest BCUT2D eigenvalue weighted by Gasteiger charge is -2.19. The number of anilines is 1. The molecule has 2 aromatic carbocycles. The first-order valence-electron chi connectivity index (χ1n) is 8.38. The van der Waals surface area contributed by atoms with Crippen LogP contribution in [0.2, 0.25) is 0 Å². The fourth-order valence-electron chi connectivity index (χ4n) is 3.05. The van der Waals surface area contributed by atoms with Gasteiger partial charge in [-0.15, -0.1) is 0 Å². The number of nitrogens with one attached hydrogen (secondary N) is 1. The smallest absolute Gasteiger partial charge is 0.227 e. The van der Waals surface area contributed by atoms with Crippen LogP contribution in [0.3, 0.4) is 0 Å². The van der Waals surface area contributed by atoms with Crippen molar-refractivity contribution >= 4 is 17.5 Å². The standard InChI is InChI=1S/C20H22N2O3/c1-14(15-6-4-3-5-7-15)21-20(24)16-12-19(23)22(13-16)17-8-10-18(25-2)11-9-17/h3-11,14,16H,12-13H2,1-2H3,(H,21,24). The molecular weight excluding hydrogens is 316 g/mol. The Morgan fingerprint density at radius 3 is 2.48 bits per heavy atom. The summed E-state index contributed by atoms with van der Waals surface area (Å²) < 4.78 is 5.14. The molecule has 1 aliphatic heterocycles. The quantitative estimate of drug-likeness (QED) is 0.912. The SMILES string of the molecule is COc1ccc(N2CC(C(=O)NC(C)c3ccccc3)CC2=O)cc1. The minimum atomic E-state index is -0.333. The lowest BCUT2D eigenvalue weighted by molar-refractivity contribution is -0.126. The minimum Gasteiger partial charge on any atom is -0.497 e. The van der Waals surface area contributed by atoms with E-state index in [0.717, 1.165) is 17.0 Å². The molecule has 0 aromatic heterocycles. The maximum absolute atomic E-state index is 12.5. The van der Waals surface area contributed by atoms with E-state index in [-0.39, 0.29) is 30.2 Å². The van der Waals surface area contributed by atoms with E-state index in [1.54, 1.807) is 12.0 Å². The number of amides is 2. The van der Waals surface area contributed by atoms with Crippen LogP contribution in [0, 0.1) is 5.92 Å². The molecule has 2 amide bonds. The van der Waals surface area contributed by atoms with Gasteiger partial charge >= 0.3 is 0 Å². The fourth-order valence-corrected chi connectivity index (χ4v) is 3.05. The Kier molecular flexibility index (Phi) is 5.03. The van der Waals surface area contributed by atoms with E-state index < -0.39 is 0 Å². The highest BCUT2D eigenvalue weighted by molar-refractivity contribution is 6.00.